The number of nitrogens with one attached hydrogen (secondary N) is 2. The van der Waals surface area contributed by atoms with Crippen molar-refractivity contribution in [2.75, 3.05) is 20.1 Å². The summed E-state index contributed by atoms with van der Waals surface area (Å²) in [6, 6.07) is 34.7. The van der Waals surface area contributed by atoms with E-state index in [4.69, 9.17) is 9.47 Å². The maximum absolute atomic E-state index is 12.0. The number of rotatable bonds is 11. The summed E-state index contributed by atoms with van der Waals surface area (Å²) in [6.07, 6.45) is -0.768. The standard InChI is InChI=1S/C37H43N3O4/c1-4-38-37(42)39-22-32-12-8-9-13-33(32)29-18-20-31(21-19-29)36-43-34(24-40(3)23-27-10-6-5-7-11-27)26(2)35(44-36)30-16-14-28(25-41)15-17-30/h5-21,26,34-36,41H,4,22-25H2,1-3H3,(H2,38,39,42). The number of hydrogen-bond donors (Lipinski definition) is 3. The van der Waals surface area contributed by atoms with Crippen LogP contribution < -0.4 is 10.6 Å². The maximum atomic E-state index is 12.0. The normalized spacial score (nSPS) is 19.9. The molecule has 7 heteroatoms. The van der Waals surface area contributed by atoms with Crippen LogP contribution in [0.1, 0.15) is 54.1 Å². The monoisotopic (exact) mass is 593 g/mol. The van der Waals surface area contributed by atoms with Crippen LogP contribution in [-0.2, 0) is 29.2 Å². The minimum atomic E-state index is -0.535. The number of carbonyl (C=O) groups excluding carboxylic acids is 1. The van der Waals surface area contributed by atoms with Crippen LogP contribution in [0.25, 0.3) is 11.1 Å². The zero-order valence-electron chi connectivity index (χ0n) is 25.8. The molecule has 4 aromatic rings. The molecule has 5 rings (SSSR count). The number of ether oxygens (including phenoxy) is 2. The highest BCUT2D eigenvalue weighted by Gasteiger charge is 2.38. The average Bonchev–Trinajstić information content (AvgIpc) is 3.05. The van der Waals surface area contributed by atoms with Crippen LogP contribution in [0.3, 0.4) is 0 Å². The molecule has 0 radical (unpaired) electrons. The molecule has 7 nitrogen and oxygen atoms in total. The lowest BCUT2D eigenvalue weighted by Crippen LogP contribution is -2.43. The van der Waals surface area contributed by atoms with Gasteiger partial charge in [0.05, 0.1) is 18.8 Å². The molecule has 230 valence electrons. The summed E-state index contributed by atoms with van der Waals surface area (Å²) in [4.78, 5) is 14.3. The van der Waals surface area contributed by atoms with E-state index in [1.165, 1.54) is 5.56 Å². The molecule has 0 bridgehead atoms. The molecule has 1 fully saturated rings. The Bertz CT molecular complexity index is 1480. The van der Waals surface area contributed by atoms with E-state index in [2.05, 4.69) is 96.2 Å². The predicted molar refractivity (Wildman–Crippen MR) is 174 cm³/mol. The van der Waals surface area contributed by atoms with E-state index in [1.807, 2.05) is 43.3 Å². The van der Waals surface area contributed by atoms with Gasteiger partial charge in [0.25, 0.3) is 0 Å². The van der Waals surface area contributed by atoms with Crippen molar-refractivity contribution >= 4 is 6.03 Å². The van der Waals surface area contributed by atoms with Gasteiger partial charge in [-0.05, 0) is 47.4 Å². The molecule has 1 aliphatic heterocycles. The van der Waals surface area contributed by atoms with Crippen molar-refractivity contribution in [1.29, 1.82) is 0 Å². The molecule has 1 heterocycles. The average molecular weight is 594 g/mol. The zero-order chi connectivity index (χ0) is 30.9. The topological polar surface area (TPSA) is 83.1 Å². The second kappa shape index (κ2) is 15.1. The number of aliphatic hydroxyl groups is 1. The minimum absolute atomic E-state index is 0.0114. The van der Waals surface area contributed by atoms with Gasteiger partial charge >= 0.3 is 6.03 Å². The summed E-state index contributed by atoms with van der Waals surface area (Å²) < 4.78 is 13.4. The Hall–Kier alpha value is -4.01. The van der Waals surface area contributed by atoms with E-state index in [9.17, 15) is 9.90 Å². The summed E-state index contributed by atoms with van der Waals surface area (Å²) in [5.74, 6) is 0.105. The Kier molecular flexibility index (Phi) is 10.8. The van der Waals surface area contributed by atoms with Gasteiger partial charge in [0, 0.05) is 37.7 Å². The highest BCUT2D eigenvalue weighted by Crippen LogP contribution is 2.42. The van der Waals surface area contributed by atoms with E-state index in [1.54, 1.807) is 0 Å². The van der Waals surface area contributed by atoms with Gasteiger partial charge in [-0.2, -0.15) is 0 Å². The third kappa shape index (κ3) is 7.92. The number of likely N-dealkylation sites (N-methyl/N-ethyl adjacent to an activating group) is 1. The molecular formula is C37H43N3O4. The molecule has 0 spiro atoms. The quantitative estimate of drug-likeness (QED) is 0.183. The summed E-state index contributed by atoms with van der Waals surface area (Å²) in [7, 11) is 2.13. The van der Waals surface area contributed by atoms with Crippen LogP contribution in [0.2, 0.25) is 0 Å². The predicted octanol–water partition coefficient (Wildman–Crippen LogP) is 6.59. The zero-order valence-corrected chi connectivity index (χ0v) is 25.8. The van der Waals surface area contributed by atoms with E-state index in [0.29, 0.717) is 13.1 Å². The fourth-order valence-corrected chi connectivity index (χ4v) is 5.77. The van der Waals surface area contributed by atoms with E-state index < -0.39 is 6.29 Å². The number of aliphatic hydroxyl groups excluding tert-OH is 1. The largest absolute Gasteiger partial charge is 0.392 e. The van der Waals surface area contributed by atoms with Crippen LogP contribution in [0.5, 0.6) is 0 Å². The number of hydrogen-bond acceptors (Lipinski definition) is 5. The van der Waals surface area contributed by atoms with Crippen molar-refractivity contribution in [1.82, 2.24) is 15.5 Å². The number of benzene rings is 4. The number of carbonyl (C=O) groups is 1. The molecule has 1 saturated heterocycles. The second-order valence-electron chi connectivity index (χ2n) is 11.5. The van der Waals surface area contributed by atoms with Gasteiger partial charge in [-0.15, -0.1) is 0 Å². The number of nitrogens with zero attached hydrogens (tertiary/aromatic N) is 1. The van der Waals surface area contributed by atoms with Crippen molar-refractivity contribution in [3.63, 3.8) is 0 Å². The molecular weight excluding hydrogens is 550 g/mol. The summed E-state index contributed by atoms with van der Waals surface area (Å²) in [5.41, 5.74) is 7.33. The smallest absolute Gasteiger partial charge is 0.315 e. The first-order valence-electron chi connectivity index (χ1n) is 15.4. The first kappa shape index (κ1) is 31.4. The Labute approximate surface area is 260 Å². The lowest BCUT2D eigenvalue weighted by Gasteiger charge is -2.42. The van der Waals surface area contributed by atoms with E-state index in [0.717, 1.165) is 46.5 Å². The fourth-order valence-electron chi connectivity index (χ4n) is 5.77. The van der Waals surface area contributed by atoms with Gasteiger partial charge < -0.3 is 25.2 Å². The lowest BCUT2D eigenvalue weighted by atomic mass is 9.90. The van der Waals surface area contributed by atoms with Crippen molar-refractivity contribution < 1.29 is 19.4 Å². The van der Waals surface area contributed by atoms with Crippen molar-refractivity contribution in [2.45, 2.75) is 52.0 Å². The third-order valence-corrected chi connectivity index (χ3v) is 8.20. The Morgan fingerprint density at radius 2 is 1.50 bits per heavy atom. The first-order chi connectivity index (χ1) is 21.4. The molecule has 3 N–H and O–H groups in total. The van der Waals surface area contributed by atoms with Gasteiger partial charge in [-0.3, -0.25) is 4.90 Å². The van der Waals surface area contributed by atoms with Gasteiger partial charge in [0.2, 0.25) is 0 Å². The van der Waals surface area contributed by atoms with Crippen LogP contribution in [0.15, 0.2) is 103 Å². The van der Waals surface area contributed by atoms with Gasteiger partial charge in [0.1, 0.15) is 0 Å². The van der Waals surface area contributed by atoms with Crippen LogP contribution in [0.4, 0.5) is 4.79 Å². The molecule has 0 aromatic heterocycles. The molecule has 0 aliphatic carbocycles. The van der Waals surface area contributed by atoms with Crippen LogP contribution in [-0.4, -0.2) is 42.3 Å². The van der Waals surface area contributed by atoms with Crippen LogP contribution >= 0.6 is 0 Å². The Balaban J connectivity index is 1.36. The highest BCUT2D eigenvalue weighted by molar-refractivity contribution is 5.74. The summed E-state index contributed by atoms with van der Waals surface area (Å²) in [5, 5.41) is 15.3. The van der Waals surface area contributed by atoms with Crippen molar-refractivity contribution in [3.8, 4) is 11.1 Å². The lowest BCUT2D eigenvalue weighted by molar-refractivity contribution is -0.276. The van der Waals surface area contributed by atoms with Gasteiger partial charge in [0.15, 0.2) is 6.29 Å². The van der Waals surface area contributed by atoms with Crippen LogP contribution in [0, 0.1) is 5.92 Å². The van der Waals surface area contributed by atoms with E-state index in [-0.39, 0.29) is 30.8 Å². The third-order valence-electron chi connectivity index (χ3n) is 8.20. The van der Waals surface area contributed by atoms with Gasteiger partial charge in [-0.25, -0.2) is 4.79 Å². The molecule has 2 amide bonds. The molecule has 4 aromatic carbocycles. The number of urea groups is 1. The minimum Gasteiger partial charge on any atom is -0.392 e. The first-order valence-corrected chi connectivity index (χ1v) is 15.4. The number of amides is 2. The van der Waals surface area contributed by atoms with Gasteiger partial charge in [-0.1, -0.05) is 110 Å². The molecule has 44 heavy (non-hydrogen) atoms. The summed E-state index contributed by atoms with van der Waals surface area (Å²) >= 11 is 0. The molecule has 4 atom stereocenters. The van der Waals surface area contributed by atoms with Crippen molar-refractivity contribution in [3.05, 3.63) is 131 Å². The van der Waals surface area contributed by atoms with E-state index >= 15 is 0 Å². The SMILES string of the molecule is CCNC(=O)NCc1ccccc1-c1ccc(C2OC(CN(C)Cc3ccccc3)C(C)C(c3ccc(CO)cc3)O2)cc1. The van der Waals surface area contributed by atoms with Crippen molar-refractivity contribution in [2.24, 2.45) is 5.92 Å². The second-order valence-corrected chi connectivity index (χ2v) is 11.5. The molecule has 4 unspecified atom stereocenters. The maximum Gasteiger partial charge on any atom is 0.315 e. The molecule has 0 saturated carbocycles. The Morgan fingerprint density at radius 3 is 2.20 bits per heavy atom. The molecule has 1 aliphatic rings. The highest BCUT2D eigenvalue weighted by atomic mass is 16.7. The summed E-state index contributed by atoms with van der Waals surface area (Å²) in [6.45, 7) is 6.70. The Morgan fingerprint density at radius 1 is 0.818 bits per heavy atom. The fraction of sp³-hybridized carbons (Fsp3) is 0.324.